The van der Waals surface area contributed by atoms with E-state index in [4.69, 9.17) is 4.74 Å². The van der Waals surface area contributed by atoms with Gasteiger partial charge in [-0.1, -0.05) is 0 Å². The summed E-state index contributed by atoms with van der Waals surface area (Å²) in [7, 11) is 1.97. The number of ether oxygens (including phenoxy) is 1. The maximum absolute atomic E-state index is 5.59. The molecule has 0 radical (unpaired) electrons. The topological polar surface area (TPSA) is 47.0 Å². The van der Waals surface area contributed by atoms with Crippen LogP contribution in [-0.2, 0) is 4.74 Å². The van der Waals surface area contributed by atoms with Crippen molar-refractivity contribution in [1.82, 2.24) is 15.3 Å². The quantitative estimate of drug-likeness (QED) is 0.808. The summed E-state index contributed by atoms with van der Waals surface area (Å²) in [6, 6.07) is 0.302. The molecule has 1 aromatic rings. The van der Waals surface area contributed by atoms with Crippen molar-refractivity contribution in [2.24, 2.45) is 5.92 Å². The van der Waals surface area contributed by atoms with E-state index in [0.29, 0.717) is 18.1 Å². The summed E-state index contributed by atoms with van der Waals surface area (Å²) in [5.41, 5.74) is 1.14. The van der Waals surface area contributed by atoms with Gasteiger partial charge in [-0.3, -0.25) is 0 Å². The van der Waals surface area contributed by atoms with Crippen LogP contribution >= 0.6 is 0 Å². The zero-order valence-corrected chi connectivity index (χ0v) is 9.18. The van der Waals surface area contributed by atoms with Gasteiger partial charge in [0.1, 0.15) is 6.33 Å². The summed E-state index contributed by atoms with van der Waals surface area (Å²) in [5, 5.41) is 3.32. The second-order valence-electron chi connectivity index (χ2n) is 4.08. The van der Waals surface area contributed by atoms with E-state index in [2.05, 4.69) is 22.2 Å². The highest BCUT2D eigenvalue weighted by Gasteiger charge is 2.29. The minimum absolute atomic E-state index is 0.302. The van der Waals surface area contributed by atoms with Gasteiger partial charge < -0.3 is 10.1 Å². The van der Waals surface area contributed by atoms with E-state index in [1.807, 2.05) is 19.4 Å². The van der Waals surface area contributed by atoms with Crippen LogP contribution in [0.25, 0.3) is 0 Å². The number of hydrogen-bond donors (Lipinski definition) is 1. The van der Waals surface area contributed by atoms with Crippen molar-refractivity contribution in [1.29, 1.82) is 0 Å². The fourth-order valence-electron chi connectivity index (χ4n) is 2.23. The normalized spacial score (nSPS) is 27.9. The van der Waals surface area contributed by atoms with Crippen LogP contribution in [0.4, 0.5) is 0 Å². The van der Waals surface area contributed by atoms with Crippen LogP contribution in [0.1, 0.15) is 24.9 Å². The third kappa shape index (κ3) is 2.33. The maximum Gasteiger partial charge on any atom is 0.115 e. The average molecular weight is 207 g/mol. The van der Waals surface area contributed by atoms with Gasteiger partial charge in [-0.05, 0) is 20.4 Å². The van der Waals surface area contributed by atoms with Crippen LogP contribution in [-0.4, -0.2) is 29.7 Å². The third-order valence-corrected chi connectivity index (χ3v) is 2.95. The van der Waals surface area contributed by atoms with Gasteiger partial charge in [0.05, 0.1) is 12.7 Å². The Hall–Kier alpha value is -1.00. The first kappa shape index (κ1) is 10.5. The molecule has 1 saturated heterocycles. The summed E-state index contributed by atoms with van der Waals surface area (Å²) in [5.74, 6) is 0.524. The highest BCUT2D eigenvalue weighted by Crippen LogP contribution is 2.30. The summed E-state index contributed by atoms with van der Waals surface area (Å²) >= 11 is 0. The highest BCUT2D eigenvalue weighted by molar-refractivity contribution is 5.11. The molecule has 2 rings (SSSR count). The van der Waals surface area contributed by atoms with Crippen molar-refractivity contribution in [3.63, 3.8) is 0 Å². The van der Waals surface area contributed by atoms with Crippen molar-refractivity contribution in [3.05, 3.63) is 24.3 Å². The van der Waals surface area contributed by atoms with Crippen LogP contribution < -0.4 is 5.32 Å². The highest BCUT2D eigenvalue weighted by atomic mass is 16.5. The van der Waals surface area contributed by atoms with E-state index in [-0.39, 0.29) is 0 Å². The number of hydrogen-bond acceptors (Lipinski definition) is 4. The van der Waals surface area contributed by atoms with E-state index in [0.717, 1.165) is 18.6 Å². The van der Waals surface area contributed by atoms with Gasteiger partial charge in [-0.15, -0.1) is 0 Å². The Kier molecular flexibility index (Phi) is 3.28. The largest absolute Gasteiger partial charge is 0.378 e. The van der Waals surface area contributed by atoms with E-state index in [1.165, 1.54) is 0 Å². The van der Waals surface area contributed by atoms with Crippen molar-refractivity contribution in [2.75, 3.05) is 13.7 Å². The maximum atomic E-state index is 5.59. The van der Waals surface area contributed by atoms with E-state index >= 15 is 0 Å². The Labute approximate surface area is 90.1 Å². The molecule has 3 atom stereocenters. The lowest BCUT2D eigenvalue weighted by Gasteiger charge is -2.21. The lowest BCUT2D eigenvalue weighted by Crippen LogP contribution is -2.25. The fourth-order valence-corrected chi connectivity index (χ4v) is 2.23. The van der Waals surface area contributed by atoms with Crippen LogP contribution in [0.2, 0.25) is 0 Å². The molecular formula is C11H17N3O. The van der Waals surface area contributed by atoms with E-state index in [9.17, 15) is 0 Å². The monoisotopic (exact) mass is 207 g/mol. The van der Waals surface area contributed by atoms with Crippen LogP contribution in [0.3, 0.4) is 0 Å². The molecule has 2 heterocycles. The molecule has 0 amide bonds. The smallest absolute Gasteiger partial charge is 0.115 e. The van der Waals surface area contributed by atoms with Gasteiger partial charge in [0, 0.05) is 29.9 Å². The van der Waals surface area contributed by atoms with Gasteiger partial charge >= 0.3 is 0 Å². The molecule has 1 fully saturated rings. The van der Waals surface area contributed by atoms with Crippen LogP contribution in [0, 0.1) is 5.92 Å². The van der Waals surface area contributed by atoms with Gasteiger partial charge in [0.25, 0.3) is 0 Å². The van der Waals surface area contributed by atoms with E-state index in [1.54, 1.807) is 6.33 Å². The Morgan fingerprint density at radius 1 is 1.47 bits per heavy atom. The second kappa shape index (κ2) is 4.68. The molecule has 3 unspecified atom stereocenters. The number of nitrogens with one attached hydrogen (secondary N) is 1. The zero-order valence-electron chi connectivity index (χ0n) is 9.18. The van der Waals surface area contributed by atoms with Crippen molar-refractivity contribution >= 4 is 0 Å². The molecule has 1 aromatic heterocycles. The lowest BCUT2D eigenvalue weighted by molar-refractivity contribution is 0.117. The fraction of sp³-hybridized carbons (Fsp3) is 0.636. The molecule has 0 aliphatic carbocycles. The van der Waals surface area contributed by atoms with Crippen molar-refractivity contribution in [2.45, 2.75) is 25.5 Å². The average Bonchev–Trinajstić information content (AvgIpc) is 2.68. The molecule has 4 nitrogen and oxygen atoms in total. The summed E-state index contributed by atoms with van der Waals surface area (Å²) in [4.78, 5) is 8.10. The Bertz CT molecular complexity index is 304. The predicted molar refractivity (Wildman–Crippen MR) is 57.4 cm³/mol. The zero-order chi connectivity index (χ0) is 10.7. The molecule has 15 heavy (non-hydrogen) atoms. The van der Waals surface area contributed by atoms with Gasteiger partial charge in [-0.2, -0.15) is 0 Å². The van der Waals surface area contributed by atoms with Crippen molar-refractivity contribution in [3.8, 4) is 0 Å². The third-order valence-electron chi connectivity index (χ3n) is 2.95. The summed E-state index contributed by atoms with van der Waals surface area (Å²) in [6.45, 7) is 2.94. The Balaban J connectivity index is 2.11. The number of rotatable bonds is 3. The molecule has 0 spiro atoms. The number of aromatic nitrogens is 2. The molecule has 1 aliphatic rings. The standard InChI is InChI=1S/C11H17N3O/c1-8-3-9(6-15-8)11(12-2)10-4-13-7-14-5-10/h4-5,7-9,11-12H,3,6H2,1-2H3. The number of nitrogens with zero attached hydrogens (tertiary/aromatic N) is 2. The van der Waals surface area contributed by atoms with Crippen molar-refractivity contribution < 1.29 is 4.74 Å². The first-order valence-electron chi connectivity index (χ1n) is 5.35. The minimum Gasteiger partial charge on any atom is -0.378 e. The second-order valence-corrected chi connectivity index (χ2v) is 4.08. The van der Waals surface area contributed by atoms with E-state index < -0.39 is 0 Å². The molecule has 0 bridgehead atoms. The molecular weight excluding hydrogens is 190 g/mol. The predicted octanol–water partition coefficient (Wildman–Crippen LogP) is 1.16. The summed E-state index contributed by atoms with van der Waals surface area (Å²) < 4.78 is 5.59. The lowest BCUT2D eigenvalue weighted by atomic mass is 9.93. The van der Waals surface area contributed by atoms with Crippen LogP contribution in [0.5, 0.6) is 0 Å². The molecule has 0 aromatic carbocycles. The van der Waals surface area contributed by atoms with Gasteiger partial charge in [0.2, 0.25) is 0 Å². The first-order chi connectivity index (χ1) is 7.31. The Morgan fingerprint density at radius 2 is 2.20 bits per heavy atom. The SMILES string of the molecule is CNC(c1cncnc1)C1COC(C)C1. The minimum atomic E-state index is 0.302. The molecule has 1 N–H and O–H groups in total. The summed E-state index contributed by atoms with van der Waals surface area (Å²) in [6.07, 6.45) is 6.77. The van der Waals surface area contributed by atoms with Crippen LogP contribution in [0.15, 0.2) is 18.7 Å². The van der Waals surface area contributed by atoms with Gasteiger partial charge in [-0.25, -0.2) is 9.97 Å². The molecule has 4 heteroatoms. The molecule has 82 valence electrons. The van der Waals surface area contributed by atoms with Gasteiger partial charge in [0.15, 0.2) is 0 Å². The molecule has 1 aliphatic heterocycles. The molecule has 0 saturated carbocycles. The Morgan fingerprint density at radius 3 is 2.73 bits per heavy atom. The first-order valence-corrected chi connectivity index (χ1v) is 5.35.